The molecule has 0 spiro atoms. The maximum atomic E-state index is 11.0. The molecule has 5 heteroatoms. The minimum absolute atomic E-state index is 0.0204. The zero-order valence-electron chi connectivity index (χ0n) is 10.3. The van der Waals surface area contributed by atoms with Crippen molar-refractivity contribution in [3.63, 3.8) is 0 Å². The van der Waals surface area contributed by atoms with E-state index in [0.717, 1.165) is 5.56 Å². The van der Waals surface area contributed by atoms with Gasteiger partial charge < -0.3 is 14.9 Å². The third-order valence-electron chi connectivity index (χ3n) is 3.74. The SMILES string of the molecule is O=C(O)C1CCC2OC(c3cccc(O)c3)=NC2C1. The average Bonchev–Trinajstić information content (AvgIpc) is 2.81. The summed E-state index contributed by atoms with van der Waals surface area (Å²) in [5, 5.41) is 18.5. The Hall–Kier alpha value is -2.04. The molecule has 100 valence electrons. The number of phenolic OH excluding ortho intramolecular Hbond substituents is 1. The van der Waals surface area contributed by atoms with E-state index in [-0.39, 0.29) is 23.8 Å². The van der Waals surface area contributed by atoms with Crippen molar-refractivity contribution in [1.82, 2.24) is 0 Å². The van der Waals surface area contributed by atoms with Crippen LogP contribution in [0.25, 0.3) is 0 Å². The first-order valence-electron chi connectivity index (χ1n) is 6.40. The van der Waals surface area contributed by atoms with Crippen molar-refractivity contribution >= 4 is 11.9 Å². The molecule has 3 rings (SSSR count). The molecule has 19 heavy (non-hydrogen) atoms. The lowest BCUT2D eigenvalue weighted by atomic mass is 9.84. The Morgan fingerprint density at radius 1 is 1.37 bits per heavy atom. The van der Waals surface area contributed by atoms with Gasteiger partial charge in [-0.3, -0.25) is 4.79 Å². The number of hydrogen-bond acceptors (Lipinski definition) is 4. The van der Waals surface area contributed by atoms with E-state index >= 15 is 0 Å². The summed E-state index contributed by atoms with van der Waals surface area (Å²) >= 11 is 0. The van der Waals surface area contributed by atoms with E-state index in [1.807, 2.05) is 6.07 Å². The number of fused-ring (bicyclic) bond motifs is 1. The fourth-order valence-electron chi connectivity index (χ4n) is 2.72. The van der Waals surface area contributed by atoms with Gasteiger partial charge in [-0.25, -0.2) is 4.99 Å². The highest BCUT2D eigenvalue weighted by Gasteiger charge is 2.39. The molecule has 0 bridgehead atoms. The zero-order chi connectivity index (χ0) is 13.4. The van der Waals surface area contributed by atoms with E-state index in [0.29, 0.717) is 25.2 Å². The second kappa shape index (κ2) is 4.57. The van der Waals surface area contributed by atoms with Gasteiger partial charge in [-0.1, -0.05) is 6.07 Å². The maximum Gasteiger partial charge on any atom is 0.306 e. The second-order valence-electron chi connectivity index (χ2n) is 5.06. The lowest BCUT2D eigenvalue weighted by Crippen LogP contribution is -2.33. The number of carboxylic acids is 1. The summed E-state index contributed by atoms with van der Waals surface area (Å²) < 4.78 is 5.78. The van der Waals surface area contributed by atoms with Crippen molar-refractivity contribution in [1.29, 1.82) is 0 Å². The Kier molecular flexibility index (Phi) is 2.89. The molecule has 1 saturated carbocycles. The zero-order valence-corrected chi connectivity index (χ0v) is 10.3. The first-order valence-corrected chi connectivity index (χ1v) is 6.40. The van der Waals surface area contributed by atoms with Crippen LogP contribution in [0.2, 0.25) is 0 Å². The van der Waals surface area contributed by atoms with Crippen LogP contribution in [0.3, 0.4) is 0 Å². The van der Waals surface area contributed by atoms with Gasteiger partial charge in [0.15, 0.2) is 0 Å². The van der Waals surface area contributed by atoms with Gasteiger partial charge >= 0.3 is 5.97 Å². The van der Waals surface area contributed by atoms with Crippen LogP contribution in [0, 0.1) is 5.92 Å². The molecule has 5 nitrogen and oxygen atoms in total. The summed E-state index contributed by atoms with van der Waals surface area (Å²) in [6.45, 7) is 0. The van der Waals surface area contributed by atoms with Crippen LogP contribution in [0.4, 0.5) is 0 Å². The molecule has 0 saturated heterocycles. The monoisotopic (exact) mass is 261 g/mol. The molecule has 0 aromatic heterocycles. The fourth-order valence-corrected chi connectivity index (χ4v) is 2.72. The number of hydrogen-bond donors (Lipinski definition) is 2. The van der Waals surface area contributed by atoms with Crippen LogP contribution < -0.4 is 0 Å². The van der Waals surface area contributed by atoms with Crippen molar-refractivity contribution < 1.29 is 19.7 Å². The number of benzene rings is 1. The molecule has 1 aliphatic carbocycles. The number of rotatable bonds is 2. The summed E-state index contributed by atoms with van der Waals surface area (Å²) in [4.78, 5) is 15.5. The molecular formula is C14H15NO4. The Balaban J connectivity index is 1.80. The largest absolute Gasteiger partial charge is 0.508 e. The van der Waals surface area contributed by atoms with Crippen LogP contribution in [0.15, 0.2) is 29.3 Å². The summed E-state index contributed by atoms with van der Waals surface area (Å²) in [6, 6.07) is 6.67. The molecule has 3 atom stereocenters. The van der Waals surface area contributed by atoms with Gasteiger partial charge in [-0.2, -0.15) is 0 Å². The summed E-state index contributed by atoms with van der Waals surface area (Å²) in [5.41, 5.74) is 0.737. The van der Waals surface area contributed by atoms with Gasteiger partial charge in [-0.05, 0) is 37.5 Å². The molecule has 1 aromatic carbocycles. The highest BCUT2D eigenvalue weighted by Crippen LogP contribution is 2.33. The number of aliphatic carboxylic acids is 1. The van der Waals surface area contributed by atoms with E-state index in [1.54, 1.807) is 18.2 Å². The first-order chi connectivity index (χ1) is 9.13. The predicted molar refractivity (Wildman–Crippen MR) is 68.3 cm³/mol. The van der Waals surface area contributed by atoms with E-state index in [4.69, 9.17) is 9.84 Å². The van der Waals surface area contributed by atoms with E-state index in [9.17, 15) is 9.90 Å². The van der Waals surface area contributed by atoms with Crippen LogP contribution in [-0.4, -0.2) is 34.2 Å². The molecule has 2 aliphatic rings. The molecule has 0 amide bonds. The van der Waals surface area contributed by atoms with Gasteiger partial charge in [0.1, 0.15) is 11.9 Å². The first kappa shape index (κ1) is 12.0. The Morgan fingerprint density at radius 3 is 2.95 bits per heavy atom. The highest BCUT2D eigenvalue weighted by atomic mass is 16.5. The standard InChI is InChI=1S/C14H15NO4/c16-10-3-1-2-8(6-10)13-15-11-7-9(14(17)18)4-5-12(11)19-13/h1-3,6,9,11-12,16H,4-5,7H2,(H,17,18). The third kappa shape index (κ3) is 2.28. The number of nitrogens with zero attached hydrogens (tertiary/aromatic N) is 1. The molecule has 2 N–H and O–H groups in total. The maximum absolute atomic E-state index is 11.0. The number of phenols is 1. The van der Waals surface area contributed by atoms with Crippen molar-refractivity contribution in [2.45, 2.75) is 31.4 Å². The topological polar surface area (TPSA) is 79.1 Å². The summed E-state index contributed by atoms with van der Waals surface area (Å²) in [5.74, 6) is -0.393. The summed E-state index contributed by atoms with van der Waals surface area (Å²) in [6.07, 6.45) is 1.86. The Labute approximate surface area is 110 Å². The molecule has 1 heterocycles. The van der Waals surface area contributed by atoms with Crippen LogP contribution >= 0.6 is 0 Å². The van der Waals surface area contributed by atoms with Gasteiger partial charge in [0.25, 0.3) is 0 Å². The average molecular weight is 261 g/mol. The third-order valence-corrected chi connectivity index (χ3v) is 3.74. The van der Waals surface area contributed by atoms with Crippen molar-refractivity contribution in [2.24, 2.45) is 10.9 Å². The number of carboxylic acid groups (broad SMARTS) is 1. The van der Waals surface area contributed by atoms with Crippen molar-refractivity contribution in [3.8, 4) is 5.75 Å². The van der Waals surface area contributed by atoms with Crippen molar-refractivity contribution in [2.75, 3.05) is 0 Å². The molecular weight excluding hydrogens is 246 g/mol. The Bertz CT molecular complexity index is 540. The molecule has 1 fully saturated rings. The number of aliphatic imine (C=N–C) groups is 1. The summed E-state index contributed by atoms with van der Waals surface area (Å²) in [7, 11) is 0. The number of aromatic hydroxyl groups is 1. The van der Waals surface area contributed by atoms with Gasteiger partial charge in [0, 0.05) is 5.56 Å². The predicted octanol–water partition coefficient (Wildman–Crippen LogP) is 1.79. The quantitative estimate of drug-likeness (QED) is 0.850. The number of ether oxygens (including phenoxy) is 1. The van der Waals surface area contributed by atoms with E-state index in [1.165, 1.54) is 0 Å². The van der Waals surface area contributed by atoms with E-state index < -0.39 is 5.97 Å². The normalized spacial score (nSPS) is 29.3. The smallest absolute Gasteiger partial charge is 0.306 e. The molecule has 0 radical (unpaired) electrons. The van der Waals surface area contributed by atoms with Gasteiger partial charge in [0.05, 0.1) is 12.0 Å². The molecule has 1 aromatic rings. The lowest BCUT2D eigenvalue weighted by Gasteiger charge is -2.26. The minimum Gasteiger partial charge on any atom is -0.508 e. The molecule has 1 aliphatic heterocycles. The van der Waals surface area contributed by atoms with E-state index in [2.05, 4.69) is 4.99 Å². The van der Waals surface area contributed by atoms with Gasteiger partial charge in [-0.15, -0.1) is 0 Å². The van der Waals surface area contributed by atoms with Crippen molar-refractivity contribution in [3.05, 3.63) is 29.8 Å². The number of carbonyl (C=O) groups is 1. The lowest BCUT2D eigenvalue weighted by molar-refractivity contribution is -0.143. The van der Waals surface area contributed by atoms with Gasteiger partial charge in [0.2, 0.25) is 5.90 Å². The van der Waals surface area contributed by atoms with Crippen LogP contribution in [-0.2, 0) is 9.53 Å². The van der Waals surface area contributed by atoms with Crippen LogP contribution in [0.1, 0.15) is 24.8 Å². The second-order valence-corrected chi connectivity index (χ2v) is 5.06. The Morgan fingerprint density at radius 2 is 2.21 bits per heavy atom. The fraction of sp³-hybridized carbons (Fsp3) is 0.429. The molecule has 3 unspecified atom stereocenters. The highest BCUT2D eigenvalue weighted by molar-refractivity contribution is 5.95. The minimum atomic E-state index is -0.751. The van der Waals surface area contributed by atoms with Crippen LogP contribution in [0.5, 0.6) is 5.75 Å².